The first-order valence-electron chi connectivity index (χ1n) is 5.75. The monoisotopic (exact) mass is 216 g/mol. The third kappa shape index (κ3) is 1.18. The number of benzene rings is 1. The Morgan fingerprint density at radius 1 is 1.44 bits per heavy atom. The number of aromatic nitrogens is 1. The number of rotatable bonds is 2. The van der Waals surface area contributed by atoms with E-state index in [9.17, 15) is 5.11 Å². The van der Waals surface area contributed by atoms with Gasteiger partial charge in [0.1, 0.15) is 5.75 Å². The van der Waals surface area contributed by atoms with Crippen LogP contribution in [0, 0.1) is 6.92 Å². The summed E-state index contributed by atoms with van der Waals surface area (Å²) in [5.41, 5.74) is 9.25. The minimum atomic E-state index is 0.365. The molecule has 3 nitrogen and oxygen atoms in total. The fourth-order valence-electron chi connectivity index (χ4n) is 2.58. The third-order valence-electron chi connectivity index (χ3n) is 3.48. The molecule has 1 heterocycles. The van der Waals surface area contributed by atoms with Crippen LogP contribution in [0.1, 0.15) is 30.1 Å². The molecule has 1 aromatic heterocycles. The Kier molecular flexibility index (Phi) is 1.98. The molecule has 2 aromatic rings. The summed E-state index contributed by atoms with van der Waals surface area (Å²) in [4.78, 5) is 0. The summed E-state index contributed by atoms with van der Waals surface area (Å²) in [7, 11) is 0. The largest absolute Gasteiger partial charge is 0.507 e. The van der Waals surface area contributed by atoms with Gasteiger partial charge in [-0.1, -0.05) is 6.07 Å². The predicted molar refractivity (Wildman–Crippen MR) is 64.5 cm³/mol. The van der Waals surface area contributed by atoms with E-state index in [1.165, 1.54) is 18.5 Å². The van der Waals surface area contributed by atoms with Crippen molar-refractivity contribution in [3.8, 4) is 5.75 Å². The van der Waals surface area contributed by atoms with Crippen LogP contribution >= 0.6 is 0 Å². The predicted octanol–water partition coefficient (Wildman–Crippen LogP) is 2.45. The smallest absolute Gasteiger partial charge is 0.125 e. The maximum Gasteiger partial charge on any atom is 0.125 e. The van der Waals surface area contributed by atoms with Crippen LogP contribution < -0.4 is 5.73 Å². The van der Waals surface area contributed by atoms with Crippen LogP contribution in [0.15, 0.2) is 18.2 Å². The molecule has 0 bridgehead atoms. The zero-order chi connectivity index (χ0) is 11.3. The lowest BCUT2D eigenvalue weighted by atomic mass is 10.1. The second kappa shape index (κ2) is 3.25. The molecule has 0 spiro atoms. The summed E-state index contributed by atoms with van der Waals surface area (Å²) >= 11 is 0. The van der Waals surface area contributed by atoms with Crippen LogP contribution in [0.3, 0.4) is 0 Å². The quantitative estimate of drug-likeness (QED) is 0.810. The number of nitrogens with zero attached hydrogens (tertiary/aromatic N) is 1. The highest BCUT2D eigenvalue weighted by atomic mass is 16.3. The van der Waals surface area contributed by atoms with E-state index in [1.807, 2.05) is 13.0 Å². The molecular formula is C13H16N2O. The molecule has 1 fully saturated rings. The van der Waals surface area contributed by atoms with Crippen LogP contribution in [0.2, 0.25) is 0 Å². The van der Waals surface area contributed by atoms with Gasteiger partial charge in [-0.25, -0.2) is 0 Å². The van der Waals surface area contributed by atoms with Gasteiger partial charge in [-0.05, 0) is 37.5 Å². The van der Waals surface area contributed by atoms with Crippen LogP contribution in [0.4, 0.5) is 0 Å². The summed E-state index contributed by atoms with van der Waals surface area (Å²) in [5.74, 6) is 0.365. The van der Waals surface area contributed by atoms with Gasteiger partial charge >= 0.3 is 0 Å². The highest BCUT2D eigenvalue weighted by Crippen LogP contribution is 2.42. The van der Waals surface area contributed by atoms with Crippen LogP contribution in [-0.4, -0.2) is 9.67 Å². The van der Waals surface area contributed by atoms with Gasteiger partial charge in [0, 0.05) is 23.7 Å². The number of phenolic OH excluding ortho intramolecular Hbond substituents is 1. The third-order valence-corrected chi connectivity index (χ3v) is 3.48. The Morgan fingerprint density at radius 2 is 2.19 bits per heavy atom. The van der Waals surface area contributed by atoms with Gasteiger partial charge in [0.05, 0.1) is 5.52 Å². The lowest BCUT2D eigenvalue weighted by molar-refractivity contribution is 0.481. The molecule has 0 amide bonds. The van der Waals surface area contributed by atoms with Crippen LogP contribution in [0.5, 0.6) is 5.75 Å². The molecular weight excluding hydrogens is 200 g/mol. The van der Waals surface area contributed by atoms with Crippen molar-refractivity contribution >= 4 is 10.9 Å². The van der Waals surface area contributed by atoms with Gasteiger partial charge in [-0.3, -0.25) is 0 Å². The fraction of sp³-hybridized carbons (Fsp3) is 0.385. The first kappa shape index (κ1) is 9.73. The van der Waals surface area contributed by atoms with Crippen molar-refractivity contribution in [3.05, 3.63) is 29.5 Å². The number of phenols is 1. The normalized spacial score (nSPS) is 15.9. The molecule has 0 unspecified atom stereocenters. The molecule has 0 atom stereocenters. The van der Waals surface area contributed by atoms with Crippen molar-refractivity contribution in [1.29, 1.82) is 0 Å². The molecule has 84 valence electrons. The minimum absolute atomic E-state index is 0.365. The highest BCUT2D eigenvalue weighted by Gasteiger charge is 2.28. The lowest BCUT2D eigenvalue weighted by Gasteiger charge is -2.07. The van der Waals surface area contributed by atoms with Crippen molar-refractivity contribution in [1.82, 2.24) is 4.57 Å². The summed E-state index contributed by atoms with van der Waals surface area (Å²) < 4.78 is 2.31. The van der Waals surface area contributed by atoms with Crippen molar-refractivity contribution in [2.75, 3.05) is 0 Å². The van der Waals surface area contributed by atoms with E-state index in [0.717, 1.165) is 16.5 Å². The zero-order valence-electron chi connectivity index (χ0n) is 9.40. The molecule has 1 aliphatic rings. The van der Waals surface area contributed by atoms with E-state index in [0.29, 0.717) is 18.3 Å². The fourth-order valence-corrected chi connectivity index (χ4v) is 2.58. The van der Waals surface area contributed by atoms with Crippen molar-refractivity contribution in [2.24, 2.45) is 5.73 Å². The van der Waals surface area contributed by atoms with E-state index in [-0.39, 0.29) is 0 Å². The second-order valence-corrected chi connectivity index (χ2v) is 4.55. The highest BCUT2D eigenvalue weighted by molar-refractivity contribution is 5.91. The number of fused-ring (bicyclic) bond motifs is 1. The average molecular weight is 216 g/mol. The second-order valence-electron chi connectivity index (χ2n) is 4.55. The molecule has 1 aromatic carbocycles. The summed E-state index contributed by atoms with van der Waals surface area (Å²) in [6.45, 7) is 2.58. The Hall–Kier alpha value is -1.48. The molecule has 3 N–H and O–H groups in total. The van der Waals surface area contributed by atoms with Gasteiger partial charge in [-0.15, -0.1) is 0 Å². The van der Waals surface area contributed by atoms with Crippen molar-refractivity contribution in [3.63, 3.8) is 0 Å². The summed E-state index contributed by atoms with van der Waals surface area (Å²) in [6, 6.07) is 6.31. The number of hydrogen-bond donors (Lipinski definition) is 2. The Bertz CT molecular complexity index is 553. The Morgan fingerprint density at radius 3 is 2.81 bits per heavy atom. The topological polar surface area (TPSA) is 51.2 Å². The molecule has 0 aliphatic heterocycles. The lowest BCUT2D eigenvalue weighted by Crippen LogP contribution is -2.06. The van der Waals surface area contributed by atoms with E-state index >= 15 is 0 Å². The van der Waals surface area contributed by atoms with E-state index in [2.05, 4.69) is 10.6 Å². The number of aryl methyl sites for hydroxylation is 1. The van der Waals surface area contributed by atoms with Gasteiger partial charge < -0.3 is 15.4 Å². The van der Waals surface area contributed by atoms with Gasteiger partial charge in [-0.2, -0.15) is 0 Å². The van der Waals surface area contributed by atoms with E-state index in [4.69, 9.17) is 5.73 Å². The van der Waals surface area contributed by atoms with Crippen molar-refractivity contribution in [2.45, 2.75) is 32.4 Å². The molecule has 1 aliphatic carbocycles. The van der Waals surface area contributed by atoms with Crippen molar-refractivity contribution < 1.29 is 5.11 Å². The van der Waals surface area contributed by atoms with Crippen LogP contribution in [-0.2, 0) is 6.54 Å². The number of nitrogens with two attached hydrogens (primary N) is 1. The Balaban J connectivity index is 2.41. The maximum atomic E-state index is 9.93. The first-order valence-corrected chi connectivity index (χ1v) is 5.75. The molecule has 0 radical (unpaired) electrons. The first-order chi connectivity index (χ1) is 7.74. The van der Waals surface area contributed by atoms with Gasteiger partial charge in [0.15, 0.2) is 0 Å². The zero-order valence-corrected chi connectivity index (χ0v) is 9.40. The summed E-state index contributed by atoms with van der Waals surface area (Å²) in [6.07, 6.45) is 2.46. The average Bonchev–Trinajstić information content (AvgIpc) is 3.05. The maximum absolute atomic E-state index is 9.93. The van der Waals surface area contributed by atoms with E-state index in [1.54, 1.807) is 6.07 Å². The SMILES string of the molecule is Cc1c(CN)n(C2CC2)c2cccc(O)c12. The molecule has 1 saturated carbocycles. The summed E-state index contributed by atoms with van der Waals surface area (Å²) in [5, 5.41) is 10.9. The molecule has 0 saturated heterocycles. The molecule has 3 rings (SSSR count). The number of hydrogen-bond acceptors (Lipinski definition) is 2. The molecule has 16 heavy (non-hydrogen) atoms. The number of aromatic hydroxyl groups is 1. The Labute approximate surface area is 94.5 Å². The van der Waals surface area contributed by atoms with E-state index < -0.39 is 0 Å². The van der Waals surface area contributed by atoms with Crippen LogP contribution in [0.25, 0.3) is 10.9 Å². The standard InChI is InChI=1S/C13H16N2O/c1-8-11(7-14)15(9-5-6-9)10-3-2-4-12(16)13(8)10/h2-4,9,16H,5-7,14H2,1H3. The van der Waals surface area contributed by atoms with Gasteiger partial charge in [0.25, 0.3) is 0 Å². The molecule has 3 heteroatoms. The minimum Gasteiger partial charge on any atom is -0.507 e. The van der Waals surface area contributed by atoms with Gasteiger partial charge in [0.2, 0.25) is 0 Å².